The van der Waals surface area contributed by atoms with Gasteiger partial charge in [0.05, 0.1) is 19.9 Å². The fourth-order valence-corrected chi connectivity index (χ4v) is 3.68. The van der Waals surface area contributed by atoms with Crippen molar-refractivity contribution in [3.8, 4) is 11.6 Å². The molecule has 1 atom stereocenters. The highest BCUT2D eigenvalue weighted by Crippen LogP contribution is 2.34. The van der Waals surface area contributed by atoms with Crippen molar-refractivity contribution in [2.24, 2.45) is 5.92 Å². The monoisotopic (exact) mass is 397 g/mol. The van der Waals surface area contributed by atoms with Gasteiger partial charge in [0.2, 0.25) is 0 Å². The summed E-state index contributed by atoms with van der Waals surface area (Å²) >= 11 is 0. The van der Waals surface area contributed by atoms with Gasteiger partial charge in [-0.25, -0.2) is 4.79 Å². The standard InChI is InChI=1S/C20H23N5O4/c1-12(2)8-25-10-14(7-21-25)20(18(27)22-19(28)23-20)11-24-9-13-4-5-15(29-3)6-16(13)17(24)26/h4-7,9-10,12,26H,8,11H2,1-3H3,(H2,22,23,27,28)/t20-/m0/s1. The number of carbonyl (C=O) groups excluding carboxylic acids is 2. The minimum absolute atomic E-state index is 0.0122. The Bertz CT molecular complexity index is 1100. The van der Waals surface area contributed by atoms with E-state index in [0.29, 0.717) is 29.2 Å². The third kappa shape index (κ3) is 3.18. The number of nitrogens with one attached hydrogen (secondary N) is 2. The lowest BCUT2D eigenvalue weighted by molar-refractivity contribution is -0.124. The van der Waals surface area contributed by atoms with Crippen molar-refractivity contribution in [1.29, 1.82) is 0 Å². The van der Waals surface area contributed by atoms with E-state index in [0.717, 1.165) is 5.39 Å². The van der Waals surface area contributed by atoms with Crippen molar-refractivity contribution < 1.29 is 19.4 Å². The highest BCUT2D eigenvalue weighted by molar-refractivity contribution is 6.07. The van der Waals surface area contributed by atoms with Crippen molar-refractivity contribution in [2.75, 3.05) is 7.11 Å². The van der Waals surface area contributed by atoms with E-state index < -0.39 is 17.5 Å². The zero-order chi connectivity index (χ0) is 20.8. The molecule has 0 radical (unpaired) electrons. The quantitative estimate of drug-likeness (QED) is 0.551. The second-order valence-corrected chi connectivity index (χ2v) is 7.69. The summed E-state index contributed by atoms with van der Waals surface area (Å²) in [4.78, 5) is 24.8. The number of benzene rings is 1. The van der Waals surface area contributed by atoms with Crippen LogP contribution in [0.1, 0.15) is 19.4 Å². The van der Waals surface area contributed by atoms with Gasteiger partial charge in [-0.15, -0.1) is 0 Å². The summed E-state index contributed by atoms with van der Waals surface area (Å²) < 4.78 is 8.52. The maximum Gasteiger partial charge on any atom is 0.322 e. The summed E-state index contributed by atoms with van der Waals surface area (Å²) in [6.45, 7) is 4.84. The highest BCUT2D eigenvalue weighted by atomic mass is 16.5. The van der Waals surface area contributed by atoms with E-state index in [1.165, 1.54) is 0 Å². The summed E-state index contributed by atoms with van der Waals surface area (Å²) in [6, 6.07) is 4.76. The van der Waals surface area contributed by atoms with Crippen molar-refractivity contribution in [2.45, 2.75) is 32.5 Å². The molecule has 3 heterocycles. The molecule has 3 N–H and O–H groups in total. The van der Waals surface area contributed by atoms with Crippen LogP contribution in [0.2, 0.25) is 0 Å². The van der Waals surface area contributed by atoms with Gasteiger partial charge in [0, 0.05) is 35.3 Å². The molecular formula is C20H23N5O4. The van der Waals surface area contributed by atoms with Crippen LogP contribution in [0, 0.1) is 5.92 Å². The van der Waals surface area contributed by atoms with Gasteiger partial charge >= 0.3 is 6.03 Å². The minimum Gasteiger partial charge on any atom is -0.497 e. The average molecular weight is 397 g/mol. The van der Waals surface area contributed by atoms with Gasteiger partial charge in [-0.3, -0.25) is 14.8 Å². The van der Waals surface area contributed by atoms with E-state index in [4.69, 9.17) is 4.74 Å². The molecule has 0 saturated carbocycles. The average Bonchev–Trinajstić information content (AvgIpc) is 3.33. The van der Waals surface area contributed by atoms with Gasteiger partial charge < -0.3 is 19.7 Å². The number of urea groups is 1. The Morgan fingerprint density at radius 1 is 1.28 bits per heavy atom. The second-order valence-electron chi connectivity index (χ2n) is 7.69. The third-order valence-corrected chi connectivity index (χ3v) is 5.10. The number of ether oxygens (including phenoxy) is 1. The van der Waals surface area contributed by atoms with E-state index in [9.17, 15) is 14.7 Å². The summed E-state index contributed by atoms with van der Waals surface area (Å²) in [5.74, 6) is 0.490. The summed E-state index contributed by atoms with van der Waals surface area (Å²) in [7, 11) is 1.55. The SMILES string of the molecule is COc1ccc2cn(C[C@@]3(c4cnn(CC(C)C)c4)NC(=O)NC3=O)c(O)c2c1. The van der Waals surface area contributed by atoms with Crippen LogP contribution in [0.4, 0.5) is 4.79 Å². The van der Waals surface area contributed by atoms with Crippen LogP contribution in [0.25, 0.3) is 10.8 Å². The van der Waals surface area contributed by atoms with Crippen LogP contribution in [-0.4, -0.2) is 38.5 Å². The minimum atomic E-state index is -1.37. The zero-order valence-electron chi connectivity index (χ0n) is 16.5. The first-order valence-electron chi connectivity index (χ1n) is 9.35. The van der Waals surface area contributed by atoms with Crippen LogP contribution in [-0.2, 0) is 23.4 Å². The van der Waals surface area contributed by atoms with Crippen LogP contribution in [0.5, 0.6) is 11.6 Å². The molecule has 0 spiro atoms. The Labute approximate surface area is 167 Å². The van der Waals surface area contributed by atoms with Gasteiger partial charge in [-0.05, 0) is 24.1 Å². The predicted molar refractivity (Wildman–Crippen MR) is 106 cm³/mol. The van der Waals surface area contributed by atoms with Crippen molar-refractivity contribution >= 4 is 22.7 Å². The molecule has 1 aromatic carbocycles. The number of rotatable bonds is 6. The molecule has 0 aliphatic carbocycles. The Morgan fingerprint density at radius 3 is 2.72 bits per heavy atom. The first-order chi connectivity index (χ1) is 13.8. The normalized spacial score (nSPS) is 19.0. The maximum atomic E-state index is 12.8. The molecule has 3 aromatic rings. The van der Waals surface area contributed by atoms with E-state index in [-0.39, 0.29) is 12.4 Å². The summed E-state index contributed by atoms with van der Waals surface area (Å²) in [5.41, 5.74) is -0.820. The van der Waals surface area contributed by atoms with Crippen LogP contribution in [0.3, 0.4) is 0 Å². The lowest BCUT2D eigenvalue weighted by Gasteiger charge is -2.25. The van der Waals surface area contributed by atoms with Gasteiger partial charge in [0.1, 0.15) is 5.75 Å². The Morgan fingerprint density at radius 2 is 2.07 bits per heavy atom. The highest BCUT2D eigenvalue weighted by Gasteiger charge is 2.49. The molecule has 1 fully saturated rings. The molecule has 1 aliphatic heterocycles. The lowest BCUT2D eigenvalue weighted by Crippen LogP contribution is -2.47. The molecular weight excluding hydrogens is 374 g/mol. The Balaban J connectivity index is 1.77. The van der Waals surface area contributed by atoms with Gasteiger partial charge in [0.25, 0.3) is 5.91 Å². The molecule has 152 valence electrons. The molecule has 0 bridgehead atoms. The van der Waals surface area contributed by atoms with Crippen molar-refractivity contribution in [3.05, 3.63) is 42.4 Å². The van der Waals surface area contributed by atoms with Crippen molar-refractivity contribution in [3.63, 3.8) is 0 Å². The maximum absolute atomic E-state index is 12.8. The zero-order valence-corrected chi connectivity index (χ0v) is 16.5. The van der Waals surface area contributed by atoms with Gasteiger partial charge in [-0.1, -0.05) is 13.8 Å². The smallest absolute Gasteiger partial charge is 0.322 e. The number of hydrogen-bond acceptors (Lipinski definition) is 5. The van der Waals surface area contributed by atoms with E-state index in [1.54, 1.807) is 47.1 Å². The largest absolute Gasteiger partial charge is 0.497 e. The molecule has 9 heteroatoms. The van der Waals surface area contributed by atoms with E-state index in [2.05, 4.69) is 29.6 Å². The number of hydrogen-bond donors (Lipinski definition) is 3. The Hall–Kier alpha value is -3.49. The molecule has 29 heavy (non-hydrogen) atoms. The topological polar surface area (TPSA) is 110 Å². The summed E-state index contributed by atoms with van der Waals surface area (Å²) in [5, 5.41) is 21.5. The summed E-state index contributed by atoms with van der Waals surface area (Å²) in [6.07, 6.45) is 5.08. The number of aromatic hydroxyl groups is 1. The first-order valence-corrected chi connectivity index (χ1v) is 9.35. The van der Waals surface area contributed by atoms with Crippen LogP contribution < -0.4 is 15.4 Å². The predicted octanol–water partition coefficient (Wildman–Crippen LogP) is 1.94. The van der Waals surface area contributed by atoms with E-state index >= 15 is 0 Å². The second kappa shape index (κ2) is 6.84. The number of carbonyl (C=O) groups is 2. The van der Waals surface area contributed by atoms with Crippen molar-refractivity contribution in [1.82, 2.24) is 25.0 Å². The van der Waals surface area contributed by atoms with E-state index in [1.807, 2.05) is 6.07 Å². The van der Waals surface area contributed by atoms with Gasteiger partial charge in [0.15, 0.2) is 11.4 Å². The van der Waals surface area contributed by atoms with Crippen LogP contribution >= 0.6 is 0 Å². The molecule has 2 aromatic heterocycles. The van der Waals surface area contributed by atoms with Crippen LogP contribution in [0.15, 0.2) is 36.8 Å². The molecule has 9 nitrogen and oxygen atoms in total. The number of methoxy groups -OCH3 is 1. The molecule has 1 saturated heterocycles. The fourth-order valence-electron chi connectivity index (χ4n) is 3.68. The molecule has 1 aliphatic rings. The third-order valence-electron chi connectivity index (χ3n) is 5.10. The number of amides is 3. The Kier molecular flexibility index (Phi) is 4.45. The molecule has 3 amide bonds. The number of imide groups is 1. The lowest BCUT2D eigenvalue weighted by atomic mass is 9.92. The number of fused-ring (bicyclic) bond motifs is 1. The first kappa shape index (κ1) is 18.9. The fraction of sp³-hybridized carbons (Fsp3) is 0.350. The molecule has 4 rings (SSSR count). The number of nitrogens with zero attached hydrogens (tertiary/aromatic N) is 3. The van der Waals surface area contributed by atoms with Gasteiger partial charge in [-0.2, -0.15) is 5.10 Å². The number of aromatic nitrogens is 3. The molecule has 0 unspecified atom stereocenters.